The van der Waals surface area contributed by atoms with E-state index in [0.717, 1.165) is 13.2 Å². The van der Waals surface area contributed by atoms with Crippen LogP contribution in [0.4, 0.5) is 0 Å². The van der Waals surface area contributed by atoms with Gasteiger partial charge < -0.3 is 9.47 Å². The summed E-state index contributed by atoms with van der Waals surface area (Å²) in [5.74, 6) is 1.29. The second kappa shape index (κ2) is 6.93. The van der Waals surface area contributed by atoms with Gasteiger partial charge in [0.05, 0.1) is 19.8 Å². The summed E-state index contributed by atoms with van der Waals surface area (Å²) in [6, 6.07) is 8.98. The molecule has 1 saturated heterocycles. The van der Waals surface area contributed by atoms with E-state index in [9.17, 15) is 0 Å². The van der Waals surface area contributed by atoms with Crippen LogP contribution in [-0.2, 0) is 16.1 Å². The highest BCUT2D eigenvalue weighted by molar-refractivity contribution is 5.25. The van der Waals surface area contributed by atoms with Crippen LogP contribution in [0.5, 0.6) is 0 Å². The molecule has 0 N–H and O–H groups in total. The van der Waals surface area contributed by atoms with Crippen molar-refractivity contribution in [2.24, 2.45) is 11.3 Å². The quantitative estimate of drug-likeness (QED) is 0.674. The minimum Gasteiger partial charge on any atom is -0.374 e. The van der Waals surface area contributed by atoms with E-state index >= 15 is 0 Å². The van der Waals surface area contributed by atoms with Crippen LogP contribution >= 0.6 is 0 Å². The molecule has 0 aromatic heterocycles. The first-order valence-electron chi connectivity index (χ1n) is 8.13. The third-order valence-corrected chi connectivity index (χ3v) is 4.02. The van der Waals surface area contributed by atoms with Crippen LogP contribution in [0.3, 0.4) is 0 Å². The molecule has 1 aliphatic heterocycles. The lowest BCUT2D eigenvalue weighted by atomic mass is 9.76. The molecule has 0 saturated carbocycles. The number of benzene rings is 1. The van der Waals surface area contributed by atoms with Crippen molar-refractivity contribution in [3.63, 3.8) is 0 Å². The second-order valence-electron chi connectivity index (χ2n) is 7.83. The van der Waals surface area contributed by atoms with Gasteiger partial charge in [-0.05, 0) is 34.8 Å². The van der Waals surface area contributed by atoms with Crippen LogP contribution < -0.4 is 0 Å². The van der Waals surface area contributed by atoms with Gasteiger partial charge in [0.25, 0.3) is 0 Å². The van der Waals surface area contributed by atoms with Crippen molar-refractivity contribution in [2.45, 2.75) is 59.7 Å². The van der Waals surface area contributed by atoms with Crippen molar-refractivity contribution in [3.05, 3.63) is 35.4 Å². The maximum absolute atomic E-state index is 5.65. The molecule has 1 fully saturated rings. The van der Waals surface area contributed by atoms with Gasteiger partial charge in [-0.1, -0.05) is 58.9 Å². The molecule has 0 spiro atoms. The Bertz CT molecular complexity index is 424. The molecular formula is C19H30O2. The fraction of sp³-hybridized carbons (Fsp3) is 0.684. The summed E-state index contributed by atoms with van der Waals surface area (Å²) < 4.78 is 10.8. The summed E-state index contributed by atoms with van der Waals surface area (Å²) in [7, 11) is 0. The topological polar surface area (TPSA) is 21.8 Å². The van der Waals surface area contributed by atoms with Crippen LogP contribution in [0.1, 0.15) is 58.1 Å². The molecular weight excluding hydrogens is 260 g/mol. The van der Waals surface area contributed by atoms with Crippen LogP contribution in [0.25, 0.3) is 0 Å². The van der Waals surface area contributed by atoms with Crippen LogP contribution in [0, 0.1) is 11.3 Å². The first-order chi connectivity index (χ1) is 9.85. The molecule has 2 atom stereocenters. The van der Waals surface area contributed by atoms with Gasteiger partial charge in [-0.3, -0.25) is 0 Å². The summed E-state index contributed by atoms with van der Waals surface area (Å²) in [5, 5.41) is 0. The minimum absolute atomic E-state index is 0.349. The highest BCUT2D eigenvalue weighted by Gasteiger charge is 2.23. The smallest absolute Gasteiger partial charge is 0.104 e. The van der Waals surface area contributed by atoms with Gasteiger partial charge in [0.1, 0.15) is 6.10 Å². The normalized spacial score (nSPS) is 19.8. The van der Waals surface area contributed by atoms with E-state index in [2.05, 4.69) is 58.9 Å². The molecule has 118 valence electrons. The Balaban J connectivity index is 1.94. The molecule has 2 rings (SSSR count). The van der Waals surface area contributed by atoms with Gasteiger partial charge in [-0.2, -0.15) is 0 Å². The van der Waals surface area contributed by atoms with E-state index in [1.807, 2.05) is 0 Å². The summed E-state index contributed by atoms with van der Waals surface area (Å²) in [4.78, 5) is 0. The van der Waals surface area contributed by atoms with Gasteiger partial charge in [0.15, 0.2) is 0 Å². The fourth-order valence-corrected chi connectivity index (χ4v) is 2.73. The summed E-state index contributed by atoms with van der Waals surface area (Å²) in [6.45, 7) is 13.9. The molecule has 2 unspecified atom stereocenters. The second-order valence-corrected chi connectivity index (χ2v) is 7.83. The average Bonchev–Trinajstić information content (AvgIpc) is 3.20. The van der Waals surface area contributed by atoms with Gasteiger partial charge >= 0.3 is 0 Å². The zero-order valence-corrected chi connectivity index (χ0v) is 14.2. The van der Waals surface area contributed by atoms with Crippen molar-refractivity contribution in [1.82, 2.24) is 0 Å². The predicted octanol–water partition coefficient (Wildman–Crippen LogP) is 4.78. The predicted molar refractivity (Wildman–Crippen MR) is 87.5 cm³/mol. The molecule has 1 heterocycles. The number of rotatable bonds is 7. The number of epoxide rings is 1. The first-order valence-corrected chi connectivity index (χ1v) is 8.13. The molecule has 1 aromatic rings. The monoisotopic (exact) mass is 290 g/mol. The van der Waals surface area contributed by atoms with Crippen molar-refractivity contribution < 1.29 is 9.47 Å². The largest absolute Gasteiger partial charge is 0.374 e. The van der Waals surface area contributed by atoms with E-state index in [0.29, 0.717) is 30.0 Å². The summed E-state index contributed by atoms with van der Waals surface area (Å²) in [5.41, 5.74) is 3.06. The number of hydrogen-bond donors (Lipinski definition) is 0. The van der Waals surface area contributed by atoms with Gasteiger partial charge in [0.2, 0.25) is 0 Å². The van der Waals surface area contributed by atoms with E-state index in [1.54, 1.807) is 0 Å². The Morgan fingerprint density at radius 3 is 2.29 bits per heavy atom. The average molecular weight is 290 g/mol. The maximum Gasteiger partial charge on any atom is 0.104 e. The highest BCUT2D eigenvalue weighted by atomic mass is 16.6. The lowest BCUT2D eigenvalue weighted by Gasteiger charge is -2.29. The van der Waals surface area contributed by atoms with Gasteiger partial charge in [0, 0.05) is 0 Å². The first kappa shape index (κ1) is 16.5. The summed E-state index contributed by atoms with van der Waals surface area (Å²) >= 11 is 0. The lowest BCUT2D eigenvalue weighted by Crippen LogP contribution is -2.16. The Kier molecular flexibility index (Phi) is 5.45. The van der Waals surface area contributed by atoms with E-state index < -0.39 is 0 Å². The number of hydrogen-bond acceptors (Lipinski definition) is 2. The van der Waals surface area contributed by atoms with Crippen LogP contribution in [-0.4, -0.2) is 19.3 Å². The van der Waals surface area contributed by atoms with E-state index in [1.165, 1.54) is 17.5 Å². The lowest BCUT2D eigenvalue weighted by molar-refractivity contribution is 0.104. The van der Waals surface area contributed by atoms with Crippen LogP contribution in [0.2, 0.25) is 0 Å². The van der Waals surface area contributed by atoms with Gasteiger partial charge in [-0.25, -0.2) is 0 Å². The third-order valence-electron chi connectivity index (χ3n) is 4.02. The van der Waals surface area contributed by atoms with Crippen molar-refractivity contribution >= 4 is 0 Å². The van der Waals surface area contributed by atoms with Crippen molar-refractivity contribution in [2.75, 3.05) is 13.2 Å². The molecule has 1 aliphatic rings. The van der Waals surface area contributed by atoms with Crippen molar-refractivity contribution in [3.8, 4) is 0 Å². The zero-order chi connectivity index (χ0) is 15.5. The molecule has 0 amide bonds. The molecule has 0 aliphatic carbocycles. The maximum atomic E-state index is 5.65. The molecule has 0 bridgehead atoms. The molecule has 2 nitrogen and oxygen atoms in total. The molecule has 21 heavy (non-hydrogen) atoms. The molecule has 0 radical (unpaired) electrons. The summed E-state index contributed by atoms with van der Waals surface area (Å²) in [6.07, 6.45) is 1.57. The Labute approximate surface area is 129 Å². The number of ether oxygens (including phenoxy) is 2. The molecule has 1 aromatic carbocycles. The zero-order valence-electron chi connectivity index (χ0n) is 14.2. The Hall–Kier alpha value is -0.860. The standard InChI is InChI=1S/C19H30O2/c1-14(2)18(10-19(3,4)5)16-8-6-15(7-9-16)11-20-12-17-13-21-17/h6-9,14,17-18H,10-13H2,1-5H3. The van der Waals surface area contributed by atoms with Crippen molar-refractivity contribution in [1.29, 1.82) is 0 Å². The highest BCUT2D eigenvalue weighted by Crippen LogP contribution is 2.36. The molecule has 2 heteroatoms. The van der Waals surface area contributed by atoms with Crippen LogP contribution in [0.15, 0.2) is 24.3 Å². The third kappa shape index (κ3) is 5.80. The minimum atomic E-state index is 0.349. The Morgan fingerprint density at radius 1 is 1.19 bits per heavy atom. The van der Waals surface area contributed by atoms with E-state index in [-0.39, 0.29) is 0 Å². The van der Waals surface area contributed by atoms with Gasteiger partial charge in [-0.15, -0.1) is 0 Å². The fourth-order valence-electron chi connectivity index (χ4n) is 2.73. The van der Waals surface area contributed by atoms with E-state index in [4.69, 9.17) is 9.47 Å². The SMILES string of the molecule is CC(C)C(CC(C)(C)C)c1ccc(COCC2CO2)cc1. The Morgan fingerprint density at radius 2 is 1.81 bits per heavy atom.